The van der Waals surface area contributed by atoms with Crippen LogP contribution in [-0.2, 0) is 0 Å². The van der Waals surface area contributed by atoms with Crippen LogP contribution in [0.4, 0.5) is 4.39 Å². The maximum atomic E-state index is 13.8. The van der Waals surface area contributed by atoms with E-state index in [4.69, 9.17) is 0 Å². The Kier molecular flexibility index (Phi) is 4.33. The number of rotatable bonds is 4. The Morgan fingerprint density at radius 2 is 1.71 bits per heavy atom. The smallest absolute Gasteiger partial charge is 0.163 e. The number of ketones is 1. The lowest BCUT2D eigenvalue weighted by Gasteiger charge is -2.21. The predicted molar refractivity (Wildman–Crippen MR) is 84.0 cm³/mol. The van der Waals surface area contributed by atoms with Gasteiger partial charge in [-0.05, 0) is 29.9 Å². The lowest BCUT2D eigenvalue weighted by atomic mass is 9.85. The first-order valence-corrected chi connectivity index (χ1v) is 7.96. The molecule has 0 N–H and O–H groups in total. The van der Waals surface area contributed by atoms with Gasteiger partial charge < -0.3 is 0 Å². The minimum atomic E-state index is -0.255. The number of Topliss-reactive ketones (excluding diaryl/α,β-unsaturated/α-hetero) is 1. The van der Waals surface area contributed by atoms with Crippen LogP contribution < -0.4 is 0 Å². The second-order valence-electron chi connectivity index (χ2n) is 6.11. The van der Waals surface area contributed by atoms with Gasteiger partial charge in [-0.3, -0.25) is 4.79 Å². The van der Waals surface area contributed by atoms with Crippen LogP contribution in [0.3, 0.4) is 0 Å². The number of halogens is 1. The third-order valence-corrected chi connectivity index (χ3v) is 4.68. The van der Waals surface area contributed by atoms with Crippen molar-refractivity contribution in [3.8, 4) is 0 Å². The fourth-order valence-corrected chi connectivity index (χ4v) is 3.45. The number of benzene rings is 2. The number of carbonyl (C=O) groups excluding carboxylic acids is 1. The van der Waals surface area contributed by atoms with Crippen molar-refractivity contribution in [1.82, 2.24) is 0 Å². The van der Waals surface area contributed by atoms with Gasteiger partial charge >= 0.3 is 0 Å². The highest BCUT2D eigenvalue weighted by atomic mass is 19.1. The first-order valence-electron chi connectivity index (χ1n) is 7.96. The second kappa shape index (κ2) is 6.38. The van der Waals surface area contributed by atoms with Crippen molar-refractivity contribution in [2.24, 2.45) is 5.92 Å². The SMILES string of the molecule is O=C(CCC1CCCCC1)c1ccc(F)c2ccccc12. The van der Waals surface area contributed by atoms with Gasteiger partial charge in [0.25, 0.3) is 0 Å². The first kappa shape index (κ1) is 14.2. The standard InChI is InChI=1S/C19H21FO/c20-18-12-11-17(15-8-4-5-9-16(15)18)19(21)13-10-14-6-2-1-3-7-14/h4-5,8-9,11-12,14H,1-3,6-7,10,13H2. The van der Waals surface area contributed by atoms with Crippen molar-refractivity contribution in [3.05, 3.63) is 47.8 Å². The zero-order chi connectivity index (χ0) is 14.7. The Morgan fingerprint density at radius 3 is 2.48 bits per heavy atom. The molecule has 0 spiro atoms. The normalized spacial score (nSPS) is 16.2. The van der Waals surface area contributed by atoms with Crippen LogP contribution in [0.15, 0.2) is 36.4 Å². The van der Waals surface area contributed by atoms with Crippen LogP contribution in [0.2, 0.25) is 0 Å². The second-order valence-corrected chi connectivity index (χ2v) is 6.11. The zero-order valence-corrected chi connectivity index (χ0v) is 12.3. The van der Waals surface area contributed by atoms with Crippen molar-refractivity contribution in [1.29, 1.82) is 0 Å². The molecule has 1 aliphatic rings. The summed E-state index contributed by atoms with van der Waals surface area (Å²) in [6.45, 7) is 0. The molecule has 3 rings (SSSR count). The molecule has 1 aliphatic carbocycles. The summed E-state index contributed by atoms with van der Waals surface area (Å²) in [7, 11) is 0. The Labute approximate surface area is 125 Å². The molecule has 0 aromatic heterocycles. The molecular formula is C19H21FO. The molecule has 110 valence electrons. The van der Waals surface area contributed by atoms with Crippen molar-refractivity contribution in [2.75, 3.05) is 0 Å². The third-order valence-electron chi connectivity index (χ3n) is 4.68. The van der Waals surface area contributed by atoms with E-state index in [0.29, 0.717) is 23.3 Å². The van der Waals surface area contributed by atoms with E-state index in [1.54, 1.807) is 12.1 Å². The van der Waals surface area contributed by atoms with Crippen LogP contribution in [0, 0.1) is 11.7 Å². The van der Waals surface area contributed by atoms with Gasteiger partial charge in [0.05, 0.1) is 0 Å². The average molecular weight is 284 g/mol. The van der Waals surface area contributed by atoms with E-state index in [1.165, 1.54) is 38.2 Å². The molecule has 0 unspecified atom stereocenters. The summed E-state index contributed by atoms with van der Waals surface area (Å²) in [5.74, 6) is 0.598. The number of hydrogen-bond acceptors (Lipinski definition) is 1. The van der Waals surface area contributed by atoms with Crippen LogP contribution in [-0.4, -0.2) is 5.78 Å². The van der Waals surface area contributed by atoms with Gasteiger partial charge in [0.1, 0.15) is 5.82 Å². The van der Waals surface area contributed by atoms with E-state index in [2.05, 4.69) is 0 Å². The maximum Gasteiger partial charge on any atom is 0.163 e. The van der Waals surface area contributed by atoms with Crippen molar-refractivity contribution < 1.29 is 9.18 Å². The molecule has 0 atom stereocenters. The quantitative estimate of drug-likeness (QED) is 0.675. The molecule has 1 saturated carbocycles. The molecular weight excluding hydrogens is 263 g/mol. The molecule has 0 amide bonds. The molecule has 0 saturated heterocycles. The van der Waals surface area contributed by atoms with Crippen LogP contribution in [0.1, 0.15) is 55.3 Å². The van der Waals surface area contributed by atoms with Crippen molar-refractivity contribution in [2.45, 2.75) is 44.9 Å². The van der Waals surface area contributed by atoms with Gasteiger partial charge in [0.2, 0.25) is 0 Å². The van der Waals surface area contributed by atoms with E-state index in [1.807, 2.05) is 18.2 Å². The summed E-state index contributed by atoms with van der Waals surface area (Å²) in [5, 5.41) is 1.28. The Bertz CT molecular complexity index is 641. The molecule has 0 radical (unpaired) electrons. The van der Waals surface area contributed by atoms with Gasteiger partial charge in [-0.25, -0.2) is 4.39 Å². The van der Waals surface area contributed by atoms with Gasteiger partial charge in [-0.15, -0.1) is 0 Å². The highest BCUT2D eigenvalue weighted by Gasteiger charge is 2.17. The van der Waals surface area contributed by atoms with Gasteiger partial charge in [-0.1, -0.05) is 56.4 Å². The molecule has 21 heavy (non-hydrogen) atoms. The minimum absolute atomic E-state index is 0.150. The van der Waals surface area contributed by atoms with Gasteiger partial charge in [0, 0.05) is 17.4 Å². The van der Waals surface area contributed by atoms with E-state index >= 15 is 0 Å². The first-order chi connectivity index (χ1) is 10.3. The molecule has 2 heteroatoms. The van der Waals surface area contributed by atoms with E-state index in [-0.39, 0.29) is 11.6 Å². The highest BCUT2D eigenvalue weighted by molar-refractivity contribution is 6.08. The summed E-state index contributed by atoms with van der Waals surface area (Å²) >= 11 is 0. The molecule has 1 fully saturated rings. The highest BCUT2D eigenvalue weighted by Crippen LogP contribution is 2.29. The number of hydrogen-bond donors (Lipinski definition) is 0. The lowest BCUT2D eigenvalue weighted by Crippen LogP contribution is -2.09. The molecule has 2 aromatic carbocycles. The molecule has 2 aromatic rings. The van der Waals surface area contributed by atoms with Gasteiger partial charge in [-0.2, -0.15) is 0 Å². The average Bonchev–Trinajstić information content (AvgIpc) is 2.54. The zero-order valence-electron chi connectivity index (χ0n) is 12.3. The Hall–Kier alpha value is -1.70. The number of fused-ring (bicyclic) bond motifs is 1. The van der Waals surface area contributed by atoms with E-state index in [9.17, 15) is 9.18 Å². The van der Waals surface area contributed by atoms with Crippen molar-refractivity contribution >= 4 is 16.6 Å². The monoisotopic (exact) mass is 284 g/mol. The largest absolute Gasteiger partial charge is 0.294 e. The minimum Gasteiger partial charge on any atom is -0.294 e. The fraction of sp³-hybridized carbons (Fsp3) is 0.421. The molecule has 0 heterocycles. The molecule has 0 bridgehead atoms. The Morgan fingerprint density at radius 1 is 1.00 bits per heavy atom. The van der Waals surface area contributed by atoms with Gasteiger partial charge in [0.15, 0.2) is 5.78 Å². The fourth-order valence-electron chi connectivity index (χ4n) is 3.45. The summed E-state index contributed by atoms with van der Waals surface area (Å²) in [5.41, 5.74) is 0.669. The molecule has 1 nitrogen and oxygen atoms in total. The van der Waals surface area contributed by atoms with Crippen LogP contribution in [0.25, 0.3) is 10.8 Å². The summed E-state index contributed by atoms with van der Waals surface area (Å²) in [6, 6.07) is 10.3. The van der Waals surface area contributed by atoms with E-state index < -0.39 is 0 Å². The summed E-state index contributed by atoms with van der Waals surface area (Å²) in [6.07, 6.45) is 8.03. The number of carbonyl (C=O) groups is 1. The Balaban J connectivity index is 1.77. The summed E-state index contributed by atoms with van der Waals surface area (Å²) in [4.78, 5) is 12.5. The third kappa shape index (κ3) is 3.15. The maximum absolute atomic E-state index is 13.8. The molecule has 0 aliphatic heterocycles. The lowest BCUT2D eigenvalue weighted by molar-refractivity contribution is 0.0972. The van der Waals surface area contributed by atoms with Crippen LogP contribution >= 0.6 is 0 Å². The van der Waals surface area contributed by atoms with Crippen LogP contribution in [0.5, 0.6) is 0 Å². The topological polar surface area (TPSA) is 17.1 Å². The predicted octanol–water partition coefficient (Wildman–Crippen LogP) is 5.52. The summed E-state index contributed by atoms with van der Waals surface area (Å²) < 4.78 is 13.8. The van der Waals surface area contributed by atoms with Crippen molar-refractivity contribution in [3.63, 3.8) is 0 Å². The van der Waals surface area contributed by atoms with E-state index in [0.717, 1.165) is 11.8 Å².